The molecule has 102 valence electrons. The van der Waals surface area contributed by atoms with Crippen LogP contribution in [0.2, 0.25) is 0 Å². The molecule has 2 atom stereocenters. The Balaban J connectivity index is 2.17. The number of carbonyl (C=O) groups excluding carboxylic acids is 1. The Labute approximate surface area is 111 Å². The van der Waals surface area contributed by atoms with E-state index >= 15 is 0 Å². The molecular formula is C14H17NO4. The third-order valence-corrected chi connectivity index (χ3v) is 3.52. The first-order chi connectivity index (χ1) is 9.00. The fourth-order valence-corrected chi connectivity index (χ4v) is 2.14. The van der Waals surface area contributed by atoms with Gasteiger partial charge in [-0.15, -0.1) is 0 Å². The lowest BCUT2D eigenvalue weighted by Gasteiger charge is -2.37. The summed E-state index contributed by atoms with van der Waals surface area (Å²) in [6.07, 6.45) is 0.0102. The van der Waals surface area contributed by atoms with Crippen molar-refractivity contribution in [2.24, 2.45) is 0 Å². The molecule has 1 aromatic rings. The SMILES string of the molecule is C[C@H]1OCCN(C(=O)c2ccc(C(=O)O)cc2)[C@H]1C. The van der Waals surface area contributed by atoms with Crippen molar-refractivity contribution in [3.8, 4) is 0 Å². The molecule has 1 saturated heterocycles. The Morgan fingerprint density at radius 2 is 1.79 bits per heavy atom. The quantitative estimate of drug-likeness (QED) is 0.880. The molecule has 0 aromatic heterocycles. The number of benzene rings is 1. The zero-order chi connectivity index (χ0) is 14.0. The number of morpholine rings is 1. The number of aromatic carboxylic acids is 1. The molecule has 0 radical (unpaired) electrons. The Morgan fingerprint density at radius 1 is 1.21 bits per heavy atom. The van der Waals surface area contributed by atoms with E-state index in [9.17, 15) is 9.59 Å². The number of nitrogens with zero attached hydrogens (tertiary/aromatic N) is 1. The summed E-state index contributed by atoms with van der Waals surface area (Å²) in [4.78, 5) is 24.9. The molecule has 0 aliphatic carbocycles. The van der Waals surface area contributed by atoms with E-state index in [0.717, 1.165) is 0 Å². The van der Waals surface area contributed by atoms with Gasteiger partial charge in [-0.1, -0.05) is 0 Å². The summed E-state index contributed by atoms with van der Waals surface area (Å²) in [5, 5.41) is 8.83. The Hall–Kier alpha value is -1.88. The number of hydrogen-bond donors (Lipinski definition) is 1. The highest BCUT2D eigenvalue weighted by Crippen LogP contribution is 2.17. The largest absolute Gasteiger partial charge is 0.478 e. The van der Waals surface area contributed by atoms with Crippen LogP contribution in [0.3, 0.4) is 0 Å². The van der Waals surface area contributed by atoms with Crippen molar-refractivity contribution in [3.63, 3.8) is 0 Å². The van der Waals surface area contributed by atoms with Gasteiger partial charge in [0.25, 0.3) is 5.91 Å². The third kappa shape index (κ3) is 2.76. The summed E-state index contributed by atoms with van der Waals surface area (Å²) >= 11 is 0. The minimum atomic E-state index is -0.993. The van der Waals surface area contributed by atoms with Gasteiger partial charge in [0, 0.05) is 12.1 Å². The molecule has 1 heterocycles. The van der Waals surface area contributed by atoms with Crippen LogP contribution in [-0.2, 0) is 4.74 Å². The molecule has 1 aliphatic rings. The molecule has 2 rings (SSSR count). The molecule has 1 aromatic carbocycles. The number of carboxylic acids is 1. The molecule has 0 unspecified atom stereocenters. The Morgan fingerprint density at radius 3 is 2.37 bits per heavy atom. The number of rotatable bonds is 2. The van der Waals surface area contributed by atoms with Gasteiger partial charge in [-0.2, -0.15) is 0 Å². The maximum absolute atomic E-state index is 12.4. The van der Waals surface area contributed by atoms with E-state index in [1.54, 1.807) is 17.0 Å². The van der Waals surface area contributed by atoms with E-state index in [1.807, 2.05) is 13.8 Å². The van der Waals surface area contributed by atoms with Gasteiger partial charge in [-0.3, -0.25) is 4.79 Å². The minimum absolute atomic E-state index is 0.0102. The van der Waals surface area contributed by atoms with Crippen molar-refractivity contribution in [3.05, 3.63) is 35.4 Å². The average molecular weight is 263 g/mol. The Bertz CT molecular complexity index is 483. The topological polar surface area (TPSA) is 66.8 Å². The highest BCUT2D eigenvalue weighted by atomic mass is 16.5. The van der Waals surface area contributed by atoms with E-state index in [-0.39, 0.29) is 23.6 Å². The summed E-state index contributed by atoms with van der Waals surface area (Å²) in [6, 6.07) is 6.02. The lowest BCUT2D eigenvalue weighted by molar-refractivity contribution is -0.0440. The van der Waals surface area contributed by atoms with Gasteiger partial charge in [0.2, 0.25) is 0 Å². The van der Waals surface area contributed by atoms with Gasteiger partial charge in [-0.05, 0) is 38.1 Å². The zero-order valence-corrected chi connectivity index (χ0v) is 11.0. The van der Waals surface area contributed by atoms with Crippen molar-refractivity contribution in [2.75, 3.05) is 13.2 Å². The smallest absolute Gasteiger partial charge is 0.335 e. The van der Waals surface area contributed by atoms with E-state index < -0.39 is 5.97 Å². The van der Waals surface area contributed by atoms with Crippen LogP contribution < -0.4 is 0 Å². The third-order valence-electron chi connectivity index (χ3n) is 3.52. The predicted octanol–water partition coefficient (Wildman–Crippen LogP) is 1.63. The molecule has 0 bridgehead atoms. The van der Waals surface area contributed by atoms with Crippen molar-refractivity contribution in [2.45, 2.75) is 26.0 Å². The summed E-state index contributed by atoms with van der Waals surface area (Å²) in [5.41, 5.74) is 0.686. The number of hydrogen-bond acceptors (Lipinski definition) is 3. The van der Waals surface area contributed by atoms with Crippen LogP contribution in [0.15, 0.2) is 24.3 Å². The van der Waals surface area contributed by atoms with Crippen LogP contribution in [0.1, 0.15) is 34.6 Å². The van der Waals surface area contributed by atoms with E-state index in [2.05, 4.69) is 0 Å². The first-order valence-corrected chi connectivity index (χ1v) is 6.26. The molecule has 0 saturated carbocycles. The van der Waals surface area contributed by atoms with Crippen molar-refractivity contribution < 1.29 is 19.4 Å². The van der Waals surface area contributed by atoms with Gasteiger partial charge in [0.1, 0.15) is 0 Å². The van der Waals surface area contributed by atoms with E-state index in [1.165, 1.54) is 12.1 Å². The van der Waals surface area contributed by atoms with Gasteiger partial charge in [-0.25, -0.2) is 4.79 Å². The second-order valence-electron chi connectivity index (χ2n) is 4.70. The first-order valence-electron chi connectivity index (χ1n) is 6.26. The molecule has 0 spiro atoms. The van der Waals surface area contributed by atoms with Crippen LogP contribution in [0.5, 0.6) is 0 Å². The van der Waals surface area contributed by atoms with Crippen LogP contribution in [0.25, 0.3) is 0 Å². The molecular weight excluding hydrogens is 246 g/mol. The fraction of sp³-hybridized carbons (Fsp3) is 0.429. The first kappa shape index (κ1) is 13.5. The predicted molar refractivity (Wildman–Crippen MR) is 69.3 cm³/mol. The monoisotopic (exact) mass is 263 g/mol. The van der Waals surface area contributed by atoms with Gasteiger partial charge >= 0.3 is 5.97 Å². The van der Waals surface area contributed by atoms with Gasteiger partial charge in [0.05, 0.1) is 24.3 Å². The summed E-state index contributed by atoms with van der Waals surface area (Å²) < 4.78 is 5.49. The molecule has 1 fully saturated rings. The number of carboxylic acid groups (broad SMARTS) is 1. The lowest BCUT2D eigenvalue weighted by Crippen LogP contribution is -2.51. The molecule has 1 amide bonds. The van der Waals surface area contributed by atoms with Crippen LogP contribution in [0.4, 0.5) is 0 Å². The molecule has 5 nitrogen and oxygen atoms in total. The van der Waals surface area contributed by atoms with Crippen molar-refractivity contribution in [1.82, 2.24) is 4.90 Å². The molecule has 19 heavy (non-hydrogen) atoms. The minimum Gasteiger partial charge on any atom is -0.478 e. The number of ether oxygens (including phenoxy) is 1. The molecule has 1 aliphatic heterocycles. The molecule has 1 N–H and O–H groups in total. The van der Waals surface area contributed by atoms with Gasteiger partial charge in [0.15, 0.2) is 0 Å². The maximum Gasteiger partial charge on any atom is 0.335 e. The van der Waals surface area contributed by atoms with Crippen LogP contribution in [-0.4, -0.2) is 47.2 Å². The summed E-state index contributed by atoms with van der Waals surface area (Å²) in [5.74, 6) is -1.08. The van der Waals surface area contributed by atoms with Crippen LogP contribution >= 0.6 is 0 Å². The fourth-order valence-electron chi connectivity index (χ4n) is 2.14. The highest BCUT2D eigenvalue weighted by Gasteiger charge is 2.29. The van der Waals surface area contributed by atoms with E-state index in [0.29, 0.717) is 18.7 Å². The van der Waals surface area contributed by atoms with Crippen molar-refractivity contribution >= 4 is 11.9 Å². The highest BCUT2D eigenvalue weighted by molar-refractivity contribution is 5.96. The number of carbonyl (C=O) groups is 2. The van der Waals surface area contributed by atoms with Crippen LogP contribution in [0, 0.1) is 0 Å². The lowest BCUT2D eigenvalue weighted by atomic mass is 10.1. The zero-order valence-electron chi connectivity index (χ0n) is 11.0. The van der Waals surface area contributed by atoms with E-state index in [4.69, 9.17) is 9.84 Å². The Kier molecular flexibility index (Phi) is 3.85. The summed E-state index contributed by atoms with van der Waals surface area (Å²) in [6.45, 7) is 4.99. The average Bonchev–Trinajstić information content (AvgIpc) is 2.41. The maximum atomic E-state index is 12.4. The standard InChI is InChI=1S/C14H17NO4/c1-9-10(2)19-8-7-15(9)13(16)11-3-5-12(6-4-11)14(17)18/h3-6,9-10H,7-8H2,1-2H3,(H,17,18)/t9-,10+/m0/s1. The summed E-state index contributed by atoms with van der Waals surface area (Å²) in [7, 11) is 0. The van der Waals surface area contributed by atoms with Crippen molar-refractivity contribution in [1.29, 1.82) is 0 Å². The molecule has 5 heteroatoms. The van der Waals surface area contributed by atoms with Gasteiger partial charge < -0.3 is 14.7 Å². The number of amides is 1. The normalized spacial score (nSPS) is 23.2. The second kappa shape index (κ2) is 5.40. The second-order valence-corrected chi connectivity index (χ2v) is 4.70.